The Morgan fingerprint density at radius 2 is 2.33 bits per heavy atom. The largest absolute Gasteiger partial charge is 0.365 e. The molecule has 2 aromatic heterocycles. The molecule has 0 aromatic carbocycles. The van der Waals surface area contributed by atoms with Crippen LogP contribution in [0, 0.1) is 6.92 Å². The smallest absolute Gasteiger partial charge is 0.263 e. The lowest BCUT2D eigenvalue weighted by Gasteiger charge is -1.89. The van der Waals surface area contributed by atoms with Gasteiger partial charge in [0.05, 0.1) is 11.9 Å². The minimum atomic E-state index is 0.146. The standard InChI is InChI=1S/C7H10N8/c1-5-6(4-14(2)11-5)3-9-15-7(8)10-12-13-15/h3-4H,1-2H3,(H2,8,10,13)/b9-3+. The molecule has 8 nitrogen and oxygen atoms in total. The van der Waals surface area contributed by atoms with Crippen molar-refractivity contribution < 1.29 is 0 Å². The van der Waals surface area contributed by atoms with Crippen LogP contribution in [0.25, 0.3) is 0 Å². The van der Waals surface area contributed by atoms with Crippen LogP contribution in [-0.2, 0) is 7.05 Å². The topological polar surface area (TPSA) is 99.8 Å². The number of nitrogens with zero attached hydrogens (tertiary/aromatic N) is 7. The molecule has 0 spiro atoms. The Kier molecular flexibility index (Phi) is 2.16. The third-order valence-electron chi connectivity index (χ3n) is 1.83. The molecule has 0 aliphatic carbocycles. The summed E-state index contributed by atoms with van der Waals surface area (Å²) in [4.78, 5) is 1.15. The Bertz CT molecular complexity index is 493. The van der Waals surface area contributed by atoms with Crippen LogP contribution in [0.5, 0.6) is 0 Å². The number of tetrazole rings is 1. The second-order valence-corrected chi connectivity index (χ2v) is 3.01. The Morgan fingerprint density at radius 3 is 2.87 bits per heavy atom. The van der Waals surface area contributed by atoms with E-state index in [0.717, 1.165) is 16.0 Å². The molecule has 2 heterocycles. The minimum Gasteiger partial charge on any atom is -0.365 e. The number of nitrogen functional groups attached to an aromatic ring is 1. The van der Waals surface area contributed by atoms with E-state index in [9.17, 15) is 0 Å². The van der Waals surface area contributed by atoms with Gasteiger partial charge in [0, 0.05) is 18.8 Å². The molecule has 0 aliphatic heterocycles. The van der Waals surface area contributed by atoms with Gasteiger partial charge in [-0.3, -0.25) is 4.68 Å². The zero-order valence-electron chi connectivity index (χ0n) is 8.36. The summed E-state index contributed by atoms with van der Waals surface area (Å²) in [7, 11) is 1.84. The van der Waals surface area contributed by atoms with Crippen LogP contribution >= 0.6 is 0 Å². The van der Waals surface area contributed by atoms with Crippen molar-refractivity contribution in [1.29, 1.82) is 0 Å². The van der Waals surface area contributed by atoms with E-state index >= 15 is 0 Å². The van der Waals surface area contributed by atoms with Crippen LogP contribution in [0.4, 0.5) is 5.95 Å². The van der Waals surface area contributed by atoms with Crippen molar-refractivity contribution in [3.05, 3.63) is 17.5 Å². The molecule has 8 heteroatoms. The fourth-order valence-corrected chi connectivity index (χ4v) is 1.13. The second kappa shape index (κ2) is 3.48. The molecular weight excluding hydrogens is 196 g/mol. The quantitative estimate of drug-likeness (QED) is 0.647. The number of rotatable bonds is 2. The van der Waals surface area contributed by atoms with Gasteiger partial charge in [-0.2, -0.15) is 10.2 Å². The highest BCUT2D eigenvalue weighted by atomic mass is 15.7. The second-order valence-electron chi connectivity index (χ2n) is 3.01. The molecule has 0 bridgehead atoms. The maximum atomic E-state index is 5.44. The molecule has 0 saturated heterocycles. The maximum absolute atomic E-state index is 5.44. The summed E-state index contributed by atoms with van der Waals surface area (Å²) in [5.74, 6) is 0.146. The highest BCUT2D eigenvalue weighted by molar-refractivity contribution is 5.80. The van der Waals surface area contributed by atoms with Gasteiger partial charge in [-0.15, -0.1) is 0 Å². The molecule has 2 rings (SSSR count). The number of anilines is 1. The molecule has 0 radical (unpaired) electrons. The lowest BCUT2D eigenvalue weighted by Crippen LogP contribution is -1.99. The van der Waals surface area contributed by atoms with Crippen LogP contribution in [0.1, 0.15) is 11.3 Å². The van der Waals surface area contributed by atoms with E-state index in [1.807, 2.05) is 20.2 Å². The molecule has 0 saturated carbocycles. The Hall–Kier alpha value is -2.25. The molecule has 0 aliphatic rings. The first-order valence-electron chi connectivity index (χ1n) is 4.25. The van der Waals surface area contributed by atoms with Crippen molar-refractivity contribution in [2.45, 2.75) is 6.92 Å². The van der Waals surface area contributed by atoms with Gasteiger partial charge in [0.2, 0.25) is 0 Å². The zero-order chi connectivity index (χ0) is 10.8. The van der Waals surface area contributed by atoms with E-state index in [1.165, 1.54) is 0 Å². The molecular formula is C7H10N8. The van der Waals surface area contributed by atoms with Gasteiger partial charge in [-0.25, -0.2) is 0 Å². The summed E-state index contributed by atoms with van der Waals surface area (Å²) < 4.78 is 1.71. The molecule has 0 atom stereocenters. The molecule has 2 aromatic rings. The number of aromatic nitrogens is 6. The van der Waals surface area contributed by atoms with E-state index in [0.29, 0.717) is 0 Å². The monoisotopic (exact) mass is 206 g/mol. The van der Waals surface area contributed by atoms with Gasteiger partial charge >= 0.3 is 0 Å². The summed E-state index contributed by atoms with van der Waals surface area (Å²) in [6, 6.07) is 0. The zero-order valence-corrected chi connectivity index (χ0v) is 8.36. The molecule has 0 fully saturated rings. The van der Waals surface area contributed by atoms with Crippen LogP contribution < -0.4 is 5.73 Å². The van der Waals surface area contributed by atoms with Crippen molar-refractivity contribution in [3.8, 4) is 0 Å². The van der Waals surface area contributed by atoms with E-state index in [4.69, 9.17) is 5.73 Å². The summed E-state index contributed by atoms with van der Waals surface area (Å²) in [5, 5.41) is 18.6. The van der Waals surface area contributed by atoms with E-state index in [-0.39, 0.29) is 5.95 Å². The third-order valence-corrected chi connectivity index (χ3v) is 1.83. The van der Waals surface area contributed by atoms with E-state index in [2.05, 4.69) is 25.7 Å². The van der Waals surface area contributed by atoms with Crippen molar-refractivity contribution >= 4 is 12.2 Å². The van der Waals surface area contributed by atoms with E-state index < -0.39 is 0 Å². The van der Waals surface area contributed by atoms with Crippen molar-refractivity contribution in [3.63, 3.8) is 0 Å². The summed E-state index contributed by atoms with van der Waals surface area (Å²) >= 11 is 0. The first-order valence-corrected chi connectivity index (χ1v) is 4.25. The SMILES string of the molecule is Cc1nn(C)cc1/C=N/n1nnnc1N. The fourth-order valence-electron chi connectivity index (χ4n) is 1.13. The number of hydrogen-bond donors (Lipinski definition) is 1. The van der Waals surface area contributed by atoms with Gasteiger partial charge in [0.15, 0.2) is 0 Å². The summed E-state index contributed by atoms with van der Waals surface area (Å²) in [6.07, 6.45) is 3.45. The van der Waals surface area contributed by atoms with Gasteiger partial charge < -0.3 is 5.73 Å². The molecule has 2 N–H and O–H groups in total. The van der Waals surface area contributed by atoms with Gasteiger partial charge in [-0.05, 0) is 17.4 Å². The predicted octanol–water partition coefficient (Wildman–Crippen LogP) is -0.821. The summed E-state index contributed by atoms with van der Waals surface area (Å²) in [5.41, 5.74) is 7.22. The Labute approximate surface area is 85.4 Å². The third kappa shape index (κ3) is 1.82. The predicted molar refractivity (Wildman–Crippen MR) is 53.2 cm³/mol. The maximum Gasteiger partial charge on any atom is 0.263 e. The first kappa shape index (κ1) is 9.31. The summed E-state index contributed by atoms with van der Waals surface area (Å²) in [6.45, 7) is 1.89. The Morgan fingerprint density at radius 1 is 1.53 bits per heavy atom. The van der Waals surface area contributed by atoms with Crippen LogP contribution in [0.3, 0.4) is 0 Å². The van der Waals surface area contributed by atoms with Gasteiger partial charge in [0.1, 0.15) is 0 Å². The minimum absolute atomic E-state index is 0.146. The number of aryl methyl sites for hydroxylation is 2. The van der Waals surface area contributed by atoms with Crippen LogP contribution in [0.15, 0.2) is 11.3 Å². The van der Waals surface area contributed by atoms with E-state index in [1.54, 1.807) is 10.9 Å². The van der Waals surface area contributed by atoms with Crippen molar-refractivity contribution in [2.24, 2.45) is 12.1 Å². The fraction of sp³-hybridized carbons (Fsp3) is 0.286. The van der Waals surface area contributed by atoms with Crippen LogP contribution in [-0.4, -0.2) is 36.3 Å². The van der Waals surface area contributed by atoms with Crippen molar-refractivity contribution in [1.82, 2.24) is 30.1 Å². The highest BCUT2D eigenvalue weighted by Crippen LogP contribution is 2.01. The average Bonchev–Trinajstić information content (AvgIpc) is 2.70. The Balaban J connectivity index is 2.26. The molecule has 15 heavy (non-hydrogen) atoms. The first-order chi connectivity index (χ1) is 7.16. The highest BCUT2D eigenvalue weighted by Gasteiger charge is 2.01. The van der Waals surface area contributed by atoms with Gasteiger partial charge in [0.25, 0.3) is 5.95 Å². The van der Waals surface area contributed by atoms with Gasteiger partial charge in [-0.1, -0.05) is 9.89 Å². The molecule has 0 amide bonds. The normalized spacial score (nSPS) is 11.3. The number of nitrogens with two attached hydrogens (primary N) is 1. The lowest BCUT2D eigenvalue weighted by atomic mass is 10.3. The van der Waals surface area contributed by atoms with Crippen LogP contribution in [0.2, 0.25) is 0 Å². The average molecular weight is 206 g/mol. The lowest BCUT2D eigenvalue weighted by molar-refractivity contribution is 0.699. The molecule has 78 valence electrons. The number of hydrogen-bond acceptors (Lipinski definition) is 6. The van der Waals surface area contributed by atoms with Crippen molar-refractivity contribution in [2.75, 3.05) is 5.73 Å². The molecule has 0 unspecified atom stereocenters.